The summed E-state index contributed by atoms with van der Waals surface area (Å²) in [6.07, 6.45) is 0. The van der Waals surface area contributed by atoms with Gasteiger partial charge >= 0.3 is 5.97 Å². The van der Waals surface area contributed by atoms with E-state index in [4.69, 9.17) is 5.14 Å². The predicted octanol–water partition coefficient (Wildman–Crippen LogP) is 0.923. The third-order valence-corrected chi connectivity index (χ3v) is 3.88. The number of benzene rings is 1. The molecule has 0 saturated heterocycles. The SMILES string of the molecule is COC(=O)c1ccc(-n2nc(C)cc2C)cc1S(N)(=O)=O. The molecule has 0 bridgehead atoms. The Morgan fingerprint density at radius 1 is 1.29 bits per heavy atom. The number of carbonyl (C=O) groups is 1. The number of carbonyl (C=O) groups excluding carboxylic acids is 1. The predicted molar refractivity (Wildman–Crippen MR) is 75.8 cm³/mol. The molecule has 0 amide bonds. The summed E-state index contributed by atoms with van der Waals surface area (Å²) in [5.74, 6) is -0.765. The van der Waals surface area contributed by atoms with Crippen molar-refractivity contribution in [2.75, 3.05) is 7.11 Å². The van der Waals surface area contributed by atoms with Crippen LogP contribution in [0.15, 0.2) is 29.2 Å². The third-order valence-electron chi connectivity index (χ3n) is 2.93. The third kappa shape index (κ3) is 2.96. The maximum absolute atomic E-state index is 11.7. The zero-order chi connectivity index (χ0) is 15.8. The molecule has 0 radical (unpaired) electrons. The Balaban J connectivity index is 2.68. The van der Waals surface area contributed by atoms with Crippen LogP contribution in [0.4, 0.5) is 0 Å². The summed E-state index contributed by atoms with van der Waals surface area (Å²) in [4.78, 5) is 11.3. The Bertz CT molecular complexity index is 809. The van der Waals surface area contributed by atoms with Crippen LogP contribution in [0.25, 0.3) is 5.69 Å². The summed E-state index contributed by atoms with van der Waals surface area (Å²) in [5.41, 5.74) is 2.02. The van der Waals surface area contributed by atoms with Crippen LogP contribution >= 0.6 is 0 Å². The second-order valence-corrected chi connectivity index (χ2v) is 6.09. The Labute approximate surface area is 122 Å². The van der Waals surface area contributed by atoms with E-state index in [1.807, 2.05) is 19.9 Å². The molecule has 0 aliphatic rings. The van der Waals surface area contributed by atoms with Crippen LogP contribution in [0, 0.1) is 13.8 Å². The average Bonchev–Trinajstić information content (AvgIpc) is 2.75. The Hall–Kier alpha value is -2.19. The Morgan fingerprint density at radius 2 is 1.95 bits per heavy atom. The van der Waals surface area contributed by atoms with Gasteiger partial charge in [0.2, 0.25) is 10.0 Å². The van der Waals surface area contributed by atoms with Gasteiger partial charge in [-0.2, -0.15) is 5.10 Å². The van der Waals surface area contributed by atoms with E-state index < -0.39 is 16.0 Å². The monoisotopic (exact) mass is 309 g/mol. The van der Waals surface area contributed by atoms with Gasteiger partial charge in [-0.05, 0) is 38.1 Å². The molecule has 0 fully saturated rings. The maximum Gasteiger partial charge on any atom is 0.339 e. The highest BCUT2D eigenvalue weighted by Gasteiger charge is 2.21. The van der Waals surface area contributed by atoms with Gasteiger partial charge in [-0.1, -0.05) is 0 Å². The number of esters is 1. The molecule has 0 aliphatic heterocycles. The lowest BCUT2D eigenvalue weighted by molar-refractivity contribution is 0.0596. The van der Waals surface area contributed by atoms with Crippen LogP contribution in [-0.4, -0.2) is 31.3 Å². The molecule has 0 aliphatic carbocycles. The highest BCUT2D eigenvalue weighted by atomic mass is 32.2. The van der Waals surface area contributed by atoms with E-state index in [0.717, 1.165) is 11.4 Å². The van der Waals surface area contributed by atoms with E-state index in [2.05, 4.69) is 9.84 Å². The van der Waals surface area contributed by atoms with Gasteiger partial charge in [0, 0.05) is 5.69 Å². The van der Waals surface area contributed by atoms with E-state index >= 15 is 0 Å². The first-order valence-corrected chi connectivity index (χ1v) is 7.57. The van der Waals surface area contributed by atoms with Crippen LogP contribution in [0.1, 0.15) is 21.7 Å². The number of nitrogens with two attached hydrogens (primary N) is 1. The normalized spacial score (nSPS) is 11.4. The van der Waals surface area contributed by atoms with Crippen molar-refractivity contribution in [3.63, 3.8) is 0 Å². The van der Waals surface area contributed by atoms with Crippen LogP contribution in [0.2, 0.25) is 0 Å². The van der Waals surface area contributed by atoms with Crippen molar-refractivity contribution in [2.24, 2.45) is 5.14 Å². The van der Waals surface area contributed by atoms with Crippen molar-refractivity contribution in [1.82, 2.24) is 9.78 Å². The Kier molecular flexibility index (Phi) is 3.84. The molecular weight excluding hydrogens is 294 g/mol. The average molecular weight is 309 g/mol. The van der Waals surface area contributed by atoms with Gasteiger partial charge in [-0.15, -0.1) is 0 Å². The number of aryl methyl sites for hydroxylation is 2. The molecule has 2 rings (SSSR count). The number of hydrogen-bond donors (Lipinski definition) is 1. The summed E-state index contributed by atoms with van der Waals surface area (Å²) in [6, 6.07) is 6.10. The van der Waals surface area contributed by atoms with E-state index in [0.29, 0.717) is 5.69 Å². The Morgan fingerprint density at radius 3 is 2.43 bits per heavy atom. The molecule has 21 heavy (non-hydrogen) atoms. The molecule has 112 valence electrons. The van der Waals surface area contributed by atoms with Gasteiger partial charge in [0.05, 0.1) is 29.0 Å². The topological polar surface area (TPSA) is 104 Å². The molecule has 8 heteroatoms. The second-order valence-electron chi connectivity index (χ2n) is 4.56. The number of hydrogen-bond acceptors (Lipinski definition) is 5. The van der Waals surface area contributed by atoms with Gasteiger partial charge in [-0.25, -0.2) is 23.0 Å². The van der Waals surface area contributed by atoms with Crippen LogP contribution < -0.4 is 5.14 Å². The standard InChI is InChI=1S/C13H15N3O4S/c1-8-6-9(2)16(15-8)10-4-5-11(13(17)20-3)12(7-10)21(14,18)19/h4-7H,1-3H3,(H2,14,18,19). The summed E-state index contributed by atoms with van der Waals surface area (Å²) < 4.78 is 29.5. The lowest BCUT2D eigenvalue weighted by atomic mass is 10.2. The summed E-state index contributed by atoms with van der Waals surface area (Å²) in [5, 5.41) is 9.44. The zero-order valence-electron chi connectivity index (χ0n) is 11.8. The fraction of sp³-hybridized carbons (Fsp3) is 0.231. The van der Waals surface area contributed by atoms with Gasteiger partial charge in [-0.3, -0.25) is 0 Å². The first-order valence-electron chi connectivity index (χ1n) is 6.03. The number of methoxy groups -OCH3 is 1. The van der Waals surface area contributed by atoms with Gasteiger partial charge in [0.25, 0.3) is 0 Å². The maximum atomic E-state index is 11.7. The first-order chi connectivity index (χ1) is 9.74. The van der Waals surface area contributed by atoms with E-state index in [1.165, 1.54) is 19.2 Å². The second kappa shape index (κ2) is 5.30. The largest absolute Gasteiger partial charge is 0.465 e. The van der Waals surface area contributed by atoms with E-state index in [-0.39, 0.29) is 10.5 Å². The minimum atomic E-state index is -4.07. The smallest absolute Gasteiger partial charge is 0.339 e. The van der Waals surface area contributed by atoms with Crippen LogP contribution in [0.3, 0.4) is 0 Å². The quantitative estimate of drug-likeness (QED) is 0.849. The molecule has 0 spiro atoms. The van der Waals surface area contributed by atoms with Crippen molar-refractivity contribution in [1.29, 1.82) is 0 Å². The molecule has 1 aromatic heterocycles. The number of sulfonamides is 1. The van der Waals surface area contributed by atoms with Gasteiger partial charge in [0.1, 0.15) is 0 Å². The molecule has 0 unspecified atom stereocenters. The van der Waals surface area contributed by atoms with Crippen molar-refractivity contribution in [3.8, 4) is 5.69 Å². The molecule has 7 nitrogen and oxygen atoms in total. The van der Waals surface area contributed by atoms with Crippen molar-refractivity contribution >= 4 is 16.0 Å². The number of rotatable bonds is 3. The lowest BCUT2D eigenvalue weighted by Crippen LogP contribution is -2.18. The highest BCUT2D eigenvalue weighted by molar-refractivity contribution is 7.89. The minimum absolute atomic E-state index is 0.106. The van der Waals surface area contributed by atoms with E-state index in [9.17, 15) is 13.2 Å². The van der Waals surface area contributed by atoms with Crippen LogP contribution in [0.5, 0.6) is 0 Å². The van der Waals surface area contributed by atoms with E-state index in [1.54, 1.807) is 10.7 Å². The minimum Gasteiger partial charge on any atom is -0.465 e. The molecule has 2 aromatic rings. The summed E-state index contributed by atoms with van der Waals surface area (Å²) in [7, 11) is -2.90. The summed E-state index contributed by atoms with van der Waals surface area (Å²) >= 11 is 0. The first kappa shape index (κ1) is 15.2. The highest BCUT2D eigenvalue weighted by Crippen LogP contribution is 2.21. The van der Waals surface area contributed by atoms with Crippen molar-refractivity contribution in [3.05, 3.63) is 41.2 Å². The lowest BCUT2D eigenvalue weighted by Gasteiger charge is -2.10. The molecule has 1 heterocycles. The molecule has 1 aromatic carbocycles. The molecular formula is C13H15N3O4S. The molecule has 0 atom stereocenters. The summed E-state index contributed by atoms with van der Waals surface area (Å²) in [6.45, 7) is 3.66. The van der Waals surface area contributed by atoms with Crippen molar-refractivity contribution < 1.29 is 17.9 Å². The molecule has 2 N–H and O–H groups in total. The fourth-order valence-electron chi connectivity index (χ4n) is 2.05. The van der Waals surface area contributed by atoms with Gasteiger partial charge < -0.3 is 4.74 Å². The fourth-order valence-corrected chi connectivity index (χ4v) is 2.79. The van der Waals surface area contributed by atoms with Crippen LogP contribution in [-0.2, 0) is 14.8 Å². The number of ether oxygens (including phenoxy) is 1. The number of primary sulfonamides is 1. The number of nitrogens with zero attached hydrogens (tertiary/aromatic N) is 2. The van der Waals surface area contributed by atoms with Crippen molar-refractivity contribution in [2.45, 2.75) is 18.7 Å². The zero-order valence-corrected chi connectivity index (χ0v) is 12.6. The molecule has 0 saturated carbocycles. The number of aromatic nitrogens is 2. The van der Waals surface area contributed by atoms with Gasteiger partial charge in [0.15, 0.2) is 0 Å².